The number of halogens is 2. The molecule has 26 heavy (non-hydrogen) atoms. The molecule has 0 aliphatic heterocycles. The lowest BCUT2D eigenvalue weighted by Gasteiger charge is -2.05. The lowest BCUT2D eigenvalue weighted by Crippen LogP contribution is -2.25. The molecule has 1 N–H and O–H groups in total. The van der Waals surface area contributed by atoms with Crippen LogP contribution in [0.25, 0.3) is 11.3 Å². The van der Waals surface area contributed by atoms with E-state index in [-0.39, 0.29) is 5.91 Å². The van der Waals surface area contributed by atoms with Crippen LogP contribution in [0.15, 0.2) is 47.8 Å². The van der Waals surface area contributed by atoms with Gasteiger partial charge in [-0.25, -0.2) is 4.98 Å². The minimum absolute atomic E-state index is 0.185. The number of hydrogen-bond donors (Lipinski definition) is 1. The summed E-state index contributed by atoms with van der Waals surface area (Å²) in [5.41, 5.74) is 2.44. The van der Waals surface area contributed by atoms with Crippen LogP contribution in [-0.4, -0.2) is 24.5 Å². The van der Waals surface area contributed by atoms with Crippen LogP contribution in [0.2, 0.25) is 10.0 Å². The Morgan fingerprint density at radius 3 is 2.62 bits per heavy atom. The fourth-order valence-electron chi connectivity index (χ4n) is 2.34. The number of carbonyl (C=O) groups is 1. The normalized spacial score (nSPS) is 10.6. The molecule has 0 saturated heterocycles. The summed E-state index contributed by atoms with van der Waals surface area (Å²) < 4.78 is 5.16. The molecule has 0 unspecified atom stereocenters. The first-order valence-electron chi connectivity index (χ1n) is 7.89. The molecule has 1 aromatic heterocycles. The number of amides is 1. The van der Waals surface area contributed by atoms with E-state index in [1.54, 1.807) is 36.6 Å². The van der Waals surface area contributed by atoms with Gasteiger partial charge in [0.2, 0.25) is 0 Å². The molecule has 3 rings (SSSR count). The minimum Gasteiger partial charge on any atom is -0.497 e. The lowest BCUT2D eigenvalue weighted by atomic mass is 10.2. The number of rotatable bonds is 6. The molecule has 0 fully saturated rings. The predicted octanol–water partition coefficient (Wildman–Crippen LogP) is 5.10. The van der Waals surface area contributed by atoms with E-state index in [1.165, 1.54) is 0 Å². The number of carbonyl (C=O) groups excluding carboxylic acids is 1. The topological polar surface area (TPSA) is 51.2 Å². The maximum Gasteiger partial charge on any atom is 0.251 e. The Kier molecular flexibility index (Phi) is 6.14. The number of aromatic nitrogens is 1. The summed E-state index contributed by atoms with van der Waals surface area (Å²) in [4.78, 5) is 16.8. The van der Waals surface area contributed by atoms with Crippen molar-refractivity contribution in [3.8, 4) is 17.0 Å². The lowest BCUT2D eigenvalue weighted by molar-refractivity contribution is 0.0954. The van der Waals surface area contributed by atoms with Crippen LogP contribution < -0.4 is 10.1 Å². The summed E-state index contributed by atoms with van der Waals surface area (Å²) in [7, 11) is 1.64. The van der Waals surface area contributed by atoms with E-state index in [0.717, 1.165) is 22.0 Å². The second kappa shape index (κ2) is 8.54. The van der Waals surface area contributed by atoms with Crippen LogP contribution in [-0.2, 0) is 6.42 Å². The average molecular weight is 407 g/mol. The number of ether oxygens (including phenoxy) is 1. The SMILES string of the molecule is COc1ccc(-c2csc(CCNC(=O)c3ccc(Cl)c(Cl)c3)n2)cc1. The first-order valence-corrected chi connectivity index (χ1v) is 9.52. The molecule has 0 bridgehead atoms. The third-order valence-corrected chi connectivity index (χ3v) is 5.39. The molecule has 2 aromatic carbocycles. The molecule has 0 spiro atoms. The van der Waals surface area contributed by atoms with Crippen molar-refractivity contribution in [2.75, 3.05) is 13.7 Å². The summed E-state index contributed by atoms with van der Waals surface area (Å²) in [6.45, 7) is 0.495. The van der Waals surface area contributed by atoms with Gasteiger partial charge < -0.3 is 10.1 Å². The third kappa shape index (κ3) is 4.55. The van der Waals surface area contributed by atoms with Gasteiger partial charge in [0.15, 0.2) is 0 Å². The molecular weight excluding hydrogens is 391 g/mol. The third-order valence-electron chi connectivity index (χ3n) is 3.74. The average Bonchev–Trinajstić information content (AvgIpc) is 3.13. The number of nitrogens with zero attached hydrogens (tertiary/aromatic N) is 1. The Bertz CT molecular complexity index is 910. The fourth-order valence-corrected chi connectivity index (χ4v) is 3.45. The van der Waals surface area contributed by atoms with Crippen molar-refractivity contribution in [2.45, 2.75) is 6.42 Å². The smallest absolute Gasteiger partial charge is 0.251 e. The van der Waals surface area contributed by atoms with E-state index in [1.807, 2.05) is 29.6 Å². The van der Waals surface area contributed by atoms with Gasteiger partial charge in [0.1, 0.15) is 5.75 Å². The van der Waals surface area contributed by atoms with Gasteiger partial charge in [-0.15, -0.1) is 11.3 Å². The molecule has 134 valence electrons. The van der Waals surface area contributed by atoms with Crippen LogP contribution in [0.3, 0.4) is 0 Å². The summed E-state index contributed by atoms with van der Waals surface area (Å²) in [6.07, 6.45) is 0.661. The van der Waals surface area contributed by atoms with Gasteiger partial charge >= 0.3 is 0 Å². The number of methoxy groups -OCH3 is 1. The molecule has 0 aliphatic carbocycles. The largest absolute Gasteiger partial charge is 0.497 e. The van der Waals surface area contributed by atoms with Gasteiger partial charge in [-0.1, -0.05) is 23.2 Å². The molecule has 0 radical (unpaired) electrons. The van der Waals surface area contributed by atoms with Crippen molar-refractivity contribution in [1.29, 1.82) is 0 Å². The molecule has 0 atom stereocenters. The highest BCUT2D eigenvalue weighted by atomic mass is 35.5. The molecule has 3 aromatic rings. The van der Waals surface area contributed by atoms with E-state index in [0.29, 0.717) is 28.6 Å². The summed E-state index contributed by atoms with van der Waals surface area (Å²) in [5, 5.41) is 6.63. The van der Waals surface area contributed by atoms with Gasteiger partial charge in [-0.2, -0.15) is 0 Å². The molecule has 0 aliphatic rings. The molecule has 0 saturated carbocycles. The molecule has 1 amide bonds. The van der Waals surface area contributed by atoms with Crippen molar-refractivity contribution >= 4 is 40.4 Å². The molecule has 1 heterocycles. The van der Waals surface area contributed by atoms with Crippen LogP contribution >= 0.6 is 34.5 Å². The second-order valence-corrected chi connectivity index (χ2v) is 7.25. The second-order valence-electron chi connectivity index (χ2n) is 5.49. The Morgan fingerprint density at radius 1 is 1.15 bits per heavy atom. The number of nitrogens with one attached hydrogen (secondary N) is 1. The van der Waals surface area contributed by atoms with Crippen LogP contribution in [0.4, 0.5) is 0 Å². The van der Waals surface area contributed by atoms with Gasteiger partial charge in [-0.3, -0.25) is 4.79 Å². The Balaban J connectivity index is 1.56. The van der Waals surface area contributed by atoms with Crippen LogP contribution in [0, 0.1) is 0 Å². The van der Waals surface area contributed by atoms with Crippen molar-refractivity contribution in [2.24, 2.45) is 0 Å². The quantitative estimate of drug-likeness (QED) is 0.619. The van der Waals surface area contributed by atoms with Gasteiger partial charge in [0, 0.05) is 29.5 Å². The standard InChI is InChI=1S/C19H16Cl2N2O2S/c1-25-14-5-2-12(3-6-14)17-11-26-18(23-17)8-9-22-19(24)13-4-7-15(20)16(21)10-13/h2-7,10-11H,8-9H2,1H3,(H,22,24). The van der Waals surface area contributed by atoms with E-state index >= 15 is 0 Å². The summed E-state index contributed by atoms with van der Waals surface area (Å²) >= 11 is 13.4. The monoisotopic (exact) mass is 406 g/mol. The Morgan fingerprint density at radius 2 is 1.92 bits per heavy atom. The first kappa shape index (κ1) is 18.7. The number of benzene rings is 2. The highest BCUT2D eigenvalue weighted by Gasteiger charge is 2.09. The van der Waals surface area contributed by atoms with E-state index in [2.05, 4.69) is 10.3 Å². The van der Waals surface area contributed by atoms with Crippen LogP contribution in [0.1, 0.15) is 15.4 Å². The van der Waals surface area contributed by atoms with Gasteiger partial charge in [0.05, 0.1) is 27.9 Å². The van der Waals surface area contributed by atoms with Crippen molar-refractivity contribution in [1.82, 2.24) is 10.3 Å². The zero-order valence-corrected chi connectivity index (χ0v) is 16.3. The van der Waals surface area contributed by atoms with Crippen molar-refractivity contribution in [3.63, 3.8) is 0 Å². The highest BCUT2D eigenvalue weighted by molar-refractivity contribution is 7.09. The Hall–Kier alpha value is -2.08. The first-order chi connectivity index (χ1) is 12.6. The Labute approximate surface area is 165 Å². The van der Waals surface area contributed by atoms with Crippen molar-refractivity contribution < 1.29 is 9.53 Å². The van der Waals surface area contributed by atoms with Crippen molar-refractivity contribution in [3.05, 3.63) is 68.5 Å². The highest BCUT2D eigenvalue weighted by Crippen LogP contribution is 2.24. The number of hydrogen-bond acceptors (Lipinski definition) is 4. The van der Waals surface area contributed by atoms with E-state index in [4.69, 9.17) is 27.9 Å². The predicted molar refractivity (Wildman–Crippen MR) is 107 cm³/mol. The van der Waals surface area contributed by atoms with E-state index < -0.39 is 0 Å². The molecule has 4 nitrogen and oxygen atoms in total. The zero-order valence-electron chi connectivity index (χ0n) is 14.0. The molecular formula is C19H16Cl2N2O2S. The van der Waals surface area contributed by atoms with E-state index in [9.17, 15) is 4.79 Å². The van der Waals surface area contributed by atoms with Gasteiger partial charge in [0.25, 0.3) is 5.91 Å². The zero-order chi connectivity index (χ0) is 18.5. The molecule has 7 heteroatoms. The van der Waals surface area contributed by atoms with Crippen LogP contribution in [0.5, 0.6) is 5.75 Å². The minimum atomic E-state index is -0.185. The summed E-state index contributed by atoms with van der Waals surface area (Å²) in [5.74, 6) is 0.629. The maximum atomic E-state index is 12.1. The van der Waals surface area contributed by atoms with Gasteiger partial charge in [-0.05, 0) is 42.5 Å². The summed E-state index contributed by atoms with van der Waals surface area (Å²) in [6, 6.07) is 12.6. The number of thiazole rings is 1. The maximum absolute atomic E-state index is 12.1. The fraction of sp³-hybridized carbons (Fsp3) is 0.158.